The van der Waals surface area contributed by atoms with Crippen molar-refractivity contribution in [3.8, 4) is 17.2 Å². The number of hydrogen-bond donors (Lipinski definition) is 0. The van der Waals surface area contributed by atoms with E-state index >= 15 is 0 Å². The molecule has 1 saturated heterocycles. The van der Waals surface area contributed by atoms with Gasteiger partial charge in [-0.15, -0.1) is 0 Å². The Kier molecular flexibility index (Phi) is 4.79. The number of hydrogen-bond acceptors (Lipinski definition) is 8. The molecule has 0 aliphatic carbocycles. The lowest BCUT2D eigenvalue weighted by Crippen LogP contribution is -2.39. The second kappa shape index (κ2) is 7.42. The Balaban J connectivity index is 1.60. The van der Waals surface area contributed by atoms with Gasteiger partial charge in [0.05, 0.1) is 33.6 Å². The van der Waals surface area contributed by atoms with Crippen LogP contribution in [0.1, 0.15) is 5.56 Å². The molecule has 2 aromatic carbocycles. The van der Waals surface area contributed by atoms with Gasteiger partial charge < -0.3 is 14.2 Å². The van der Waals surface area contributed by atoms with Gasteiger partial charge in [-0.2, -0.15) is 5.11 Å². The first kappa shape index (κ1) is 18.7. The lowest BCUT2D eigenvalue weighted by Gasteiger charge is -2.21. The molecule has 0 radical (unpaired) electrons. The summed E-state index contributed by atoms with van der Waals surface area (Å²) >= 11 is 0. The number of nitrogens with zero attached hydrogens (tertiary/aromatic N) is 4. The normalized spacial score (nSPS) is 20.2. The van der Waals surface area contributed by atoms with Gasteiger partial charge >= 0.3 is 0 Å². The molecule has 4 rings (SSSR count). The predicted molar refractivity (Wildman–Crippen MR) is 103 cm³/mol. The standard InChI is InChI=1S/C20H20N4O5/c1-27-14-6-4-5-12(9-14)11-23-18-17(21-22-23)19(25)24(20(18)26)13-7-8-15(28-2)16(10-13)29-3/h4-10,17-18H,11H2,1-3H3/t17-,18+/m1/s1. The Bertz CT molecular complexity index is 993. The van der Waals surface area contributed by atoms with Crippen molar-refractivity contribution >= 4 is 17.5 Å². The summed E-state index contributed by atoms with van der Waals surface area (Å²) in [4.78, 5) is 27.1. The maximum atomic E-state index is 13.1. The smallest absolute Gasteiger partial charge is 0.263 e. The summed E-state index contributed by atoms with van der Waals surface area (Å²) in [5.41, 5.74) is 1.30. The third kappa shape index (κ3) is 3.14. The second-order valence-corrected chi connectivity index (χ2v) is 6.59. The van der Waals surface area contributed by atoms with E-state index in [1.165, 1.54) is 14.2 Å². The van der Waals surface area contributed by atoms with Gasteiger partial charge in [-0.25, -0.2) is 4.90 Å². The highest BCUT2D eigenvalue weighted by molar-refractivity contribution is 6.25. The number of carbonyl (C=O) groups excluding carboxylic acids is 2. The van der Waals surface area contributed by atoms with Gasteiger partial charge in [0.1, 0.15) is 5.75 Å². The summed E-state index contributed by atoms with van der Waals surface area (Å²) in [5.74, 6) is 0.854. The SMILES string of the molecule is COc1cccc(CN2N=N[C@H]3C(=O)N(c4ccc(OC)c(OC)c4)C(=O)[C@H]32)c1. The van der Waals surface area contributed by atoms with Crippen molar-refractivity contribution in [2.24, 2.45) is 10.3 Å². The van der Waals surface area contributed by atoms with Crippen LogP contribution in [0, 0.1) is 0 Å². The number of anilines is 1. The first-order chi connectivity index (χ1) is 14.1. The zero-order valence-corrected chi connectivity index (χ0v) is 16.2. The van der Waals surface area contributed by atoms with E-state index < -0.39 is 18.0 Å². The average molecular weight is 396 g/mol. The van der Waals surface area contributed by atoms with Crippen molar-refractivity contribution in [3.63, 3.8) is 0 Å². The van der Waals surface area contributed by atoms with Crippen LogP contribution < -0.4 is 19.1 Å². The minimum absolute atomic E-state index is 0.334. The summed E-state index contributed by atoms with van der Waals surface area (Å²) in [7, 11) is 4.60. The largest absolute Gasteiger partial charge is 0.497 e. The van der Waals surface area contributed by atoms with Crippen molar-refractivity contribution in [2.45, 2.75) is 18.6 Å². The van der Waals surface area contributed by atoms with E-state index in [9.17, 15) is 9.59 Å². The molecule has 2 aliphatic heterocycles. The van der Waals surface area contributed by atoms with Crippen LogP contribution >= 0.6 is 0 Å². The van der Waals surface area contributed by atoms with Crippen LogP contribution in [0.2, 0.25) is 0 Å². The van der Waals surface area contributed by atoms with Crippen molar-refractivity contribution in [2.75, 3.05) is 26.2 Å². The van der Waals surface area contributed by atoms with Gasteiger partial charge in [-0.05, 0) is 29.8 Å². The summed E-state index contributed by atoms with van der Waals surface area (Å²) in [6.07, 6.45) is 0. The fourth-order valence-electron chi connectivity index (χ4n) is 3.53. The Labute approximate surface area is 167 Å². The van der Waals surface area contributed by atoms with Crippen LogP contribution in [0.25, 0.3) is 0 Å². The molecule has 1 fully saturated rings. The molecule has 2 atom stereocenters. The first-order valence-electron chi connectivity index (χ1n) is 8.97. The quantitative estimate of drug-likeness (QED) is 0.695. The second-order valence-electron chi connectivity index (χ2n) is 6.59. The number of imide groups is 1. The summed E-state index contributed by atoms with van der Waals surface area (Å²) < 4.78 is 15.7. The Morgan fingerprint density at radius 3 is 2.45 bits per heavy atom. The number of carbonyl (C=O) groups is 2. The number of benzene rings is 2. The number of methoxy groups -OCH3 is 3. The van der Waals surface area contributed by atoms with Crippen LogP contribution in [-0.4, -0.2) is 50.2 Å². The highest BCUT2D eigenvalue weighted by Crippen LogP contribution is 2.37. The topological polar surface area (TPSA) is 93.0 Å². The van der Waals surface area contributed by atoms with Gasteiger partial charge in [0.25, 0.3) is 11.8 Å². The van der Waals surface area contributed by atoms with Crippen LogP contribution in [0.5, 0.6) is 17.2 Å². The molecule has 0 aromatic heterocycles. The molecule has 0 spiro atoms. The number of rotatable bonds is 6. The fourth-order valence-corrected chi connectivity index (χ4v) is 3.53. The van der Waals surface area contributed by atoms with Crippen LogP contribution in [-0.2, 0) is 16.1 Å². The number of fused-ring (bicyclic) bond motifs is 1. The van der Waals surface area contributed by atoms with E-state index in [0.717, 1.165) is 10.5 Å². The molecule has 0 bridgehead atoms. The highest BCUT2D eigenvalue weighted by atomic mass is 16.5. The van der Waals surface area contributed by atoms with Crippen LogP contribution in [0.15, 0.2) is 52.8 Å². The first-order valence-corrected chi connectivity index (χ1v) is 8.97. The summed E-state index contributed by atoms with van der Waals surface area (Å²) in [5, 5.41) is 9.66. The van der Waals surface area contributed by atoms with Gasteiger partial charge in [0.15, 0.2) is 23.6 Å². The van der Waals surface area contributed by atoms with Gasteiger partial charge in [-0.3, -0.25) is 14.6 Å². The summed E-state index contributed by atoms with van der Waals surface area (Å²) in [6, 6.07) is 10.7. The lowest BCUT2D eigenvalue weighted by atomic mass is 10.1. The molecule has 2 aliphatic rings. The Morgan fingerprint density at radius 2 is 1.72 bits per heavy atom. The minimum atomic E-state index is -0.860. The monoisotopic (exact) mass is 396 g/mol. The minimum Gasteiger partial charge on any atom is -0.497 e. The van der Waals surface area contributed by atoms with E-state index in [0.29, 0.717) is 29.5 Å². The van der Waals surface area contributed by atoms with E-state index in [-0.39, 0.29) is 5.91 Å². The lowest BCUT2D eigenvalue weighted by molar-refractivity contribution is -0.123. The van der Waals surface area contributed by atoms with Crippen LogP contribution in [0.3, 0.4) is 0 Å². The van der Waals surface area contributed by atoms with Crippen molar-refractivity contribution in [1.29, 1.82) is 0 Å². The molecule has 150 valence electrons. The molecular weight excluding hydrogens is 376 g/mol. The molecule has 0 unspecified atom stereocenters. The predicted octanol–water partition coefficient (Wildman–Crippen LogP) is 2.21. The number of ether oxygens (including phenoxy) is 3. The fraction of sp³-hybridized carbons (Fsp3) is 0.300. The van der Waals surface area contributed by atoms with Crippen molar-refractivity contribution in [1.82, 2.24) is 5.01 Å². The zero-order valence-electron chi connectivity index (χ0n) is 16.2. The molecule has 2 heterocycles. The molecule has 29 heavy (non-hydrogen) atoms. The van der Waals surface area contributed by atoms with Crippen molar-refractivity contribution in [3.05, 3.63) is 48.0 Å². The molecule has 9 nitrogen and oxygen atoms in total. The molecule has 2 amide bonds. The number of amides is 2. The third-order valence-corrected chi connectivity index (χ3v) is 4.96. The van der Waals surface area contributed by atoms with E-state index in [4.69, 9.17) is 14.2 Å². The maximum Gasteiger partial charge on any atom is 0.263 e. The molecule has 2 aromatic rings. The van der Waals surface area contributed by atoms with E-state index in [1.807, 2.05) is 24.3 Å². The van der Waals surface area contributed by atoms with E-state index in [2.05, 4.69) is 10.3 Å². The van der Waals surface area contributed by atoms with Gasteiger partial charge in [0, 0.05) is 6.07 Å². The zero-order chi connectivity index (χ0) is 20.5. The molecule has 9 heteroatoms. The molecule has 0 N–H and O–H groups in total. The van der Waals surface area contributed by atoms with Crippen molar-refractivity contribution < 1.29 is 23.8 Å². The van der Waals surface area contributed by atoms with Gasteiger partial charge in [-0.1, -0.05) is 17.4 Å². The van der Waals surface area contributed by atoms with E-state index in [1.54, 1.807) is 30.3 Å². The molecular formula is C20H20N4O5. The average Bonchev–Trinajstić information content (AvgIpc) is 3.27. The summed E-state index contributed by atoms with van der Waals surface area (Å²) in [6.45, 7) is 0.334. The third-order valence-electron chi connectivity index (χ3n) is 4.96. The van der Waals surface area contributed by atoms with Gasteiger partial charge in [0.2, 0.25) is 0 Å². The highest BCUT2D eigenvalue weighted by Gasteiger charge is 2.54. The van der Waals surface area contributed by atoms with Crippen LogP contribution in [0.4, 0.5) is 5.69 Å². The maximum absolute atomic E-state index is 13.1. The Morgan fingerprint density at radius 1 is 0.931 bits per heavy atom. The molecule has 0 saturated carbocycles. The Hall–Kier alpha value is -3.62.